The minimum absolute atomic E-state index is 0.0810. The van der Waals surface area contributed by atoms with E-state index in [1.54, 1.807) is 14.2 Å². The highest BCUT2D eigenvalue weighted by atomic mass is 16.5. The molecular formula is C27H43NO3. The van der Waals surface area contributed by atoms with Gasteiger partial charge in [-0.25, -0.2) is 0 Å². The van der Waals surface area contributed by atoms with Gasteiger partial charge in [-0.05, 0) is 48.6 Å². The molecule has 0 saturated heterocycles. The molecule has 0 bridgehead atoms. The molecule has 174 valence electrons. The zero-order valence-corrected chi connectivity index (χ0v) is 21.0. The van der Waals surface area contributed by atoms with Gasteiger partial charge in [0.25, 0.3) is 5.91 Å². The lowest BCUT2D eigenvalue weighted by molar-refractivity contribution is -0.116. The maximum absolute atomic E-state index is 14.0. The van der Waals surface area contributed by atoms with Gasteiger partial charge in [-0.3, -0.25) is 4.79 Å². The predicted octanol–water partition coefficient (Wildman–Crippen LogP) is 6.46. The molecular weight excluding hydrogens is 386 g/mol. The Morgan fingerprint density at radius 1 is 0.935 bits per heavy atom. The topological polar surface area (TPSA) is 38.8 Å². The van der Waals surface area contributed by atoms with Crippen LogP contribution in [0, 0.1) is 5.41 Å². The SMILES string of the molecule is COCCCC1=C(CCCOC)C(C)(C)CN(c2c(C(C)C)cccc2C(C)C)C1=O. The minimum atomic E-state index is -0.0810. The number of para-hydroxylation sites is 1. The first-order valence-electron chi connectivity index (χ1n) is 11.8. The van der Waals surface area contributed by atoms with Crippen LogP contribution in [0.3, 0.4) is 0 Å². The minimum Gasteiger partial charge on any atom is -0.385 e. The maximum Gasteiger partial charge on any atom is 0.254 e. The number of carbonyl (C=O) groups is 1. The second kappa shape index (κ2) is 11.3. The van der Waals surface area contributed by atoms with Crippen molar-refractivity contribution in [1.82, 2.24) is 0 Å². The first-order chi connectivity index (χ1) is 14.7. The molecule has 0 spiro atoms. The lowest BCUT2D eigenvalue weighted by Gasteiger charge is -2.43. The number of amides is 1. The molecule has 2 rings (SSSR count). The third kappa shape index (κ3) is 5.98. The van der Waals surface area contributed by atoms with Crippen molar-refractivity contribution in [1.29, 1.82) is 0 Å². The van der Waals surface area contributed by atoms with Crippen LogP contribution in [0.2, 0.25) is 0 Å². The van der Waals surface area contributed by atoms with Crippen molar-refractivity contribution in [2.45, 2.75) is 79.1 Å². The third-order valence-electron chi connectivity index (χ3n) is 6.40. The van der Waals surface area contributed by atoms with Crippen LogP contribution in [-0.4, -0.2) is 39.9 Å². The Kier molecular flexibility index (Phi) is 9.32. The van der Waals surface area contributed by atoms with Crippen molar-refractivity contribution in [3.05, 3.63) is 40.5 Å². The van der Waals surface area contributed by atoms with E-state index >= 15 is 0 Å². The number of anilines is 1. The smallest absolute Gasteiger partial charge is 0.254 e. The van der Waals surface area contributed by atoms with Crippen molar-refractivity contribution < 1.29 is 14.3 Å². The molecule has 1 aliphatic rings. The summed E-state index contributed by atoms with van der Waals surface area (Å²) in [4.78, 5) is 16.1. The van der Waals surface area contributed by atoms with Crippen molar-refractivity contribution in [2.24, 2.45) is 5.41 Å². The van der Waals surface area contributed by atoms with Crippen LogP contribution in [0.25, 0.3) is 0 Å². The highest BCUT2D eigenvalue weighted by Gasteiger charge is 2.40. The van der Waals surface area contributed by atoms with Gasteiger partial charge < -0.3 is 14.4 Å². The number of methoxy groups -OCH3 is 2. The summed E-state index contributed by atoms with van der Waals surface area (Å²) in [6, 6.07) is 6.52. The third-order valence-corrected chi connectivity index (χ3v) is 6.40. The number of rotatable bonds is 11. The summed E-state index contributed by atoms with van der Waals surface area (Å²) in [5, 5.41) is 0. The highest BCUT2D eigenvalue weighted by Crippen LogP contribution is 2.44. The van der Waals surface area contributed by atoms with Gasteiger partial charge in [-0.15, -0.1) is 0 Å². The number of hydrogen-bond acceptors (Lipinski definition) is 3. The van der Waals surface area contributed by atoms with Crippen molar-refractivity contribution in [3.8, 4) is 0 Å². The average molecular weight is 430 g/mol. The van der Waals surface area contributed by atoms with Crippen LogP contribution >= 0.6 is 0 Å². The summed E-state index contributed by atoms with van der Waals surface area (Å²) in [7, 11) is 3.46. The van der Waals surface area contributed by atoms with E-state index in [1.807, 2.05) is 0 Å². The van der Waals surface area contributed by atoms with Gasteiger partial charge in [0.2, 0.25) is 0 Å². The zero-order chi connectivity index (χ0) is 23.2. The Bertz CT molecular complexity index is 750. The quantitative estimate of drug-likeness (QED) is 0.379. The molecule has 1 aromatic carbocycles. The molecule has 0 atom stereocenters. The molecule has 0 aromatic heterocycles. The molecule has 31 heavy (non-hydrogen) atoms. The van der Waals surface area contributed by atoms with E-state index < -0.39 is 0 Å². The second-order valence-corrected chi connectivity index (χ2v) is 10.0. The number of ether oxygens (including phenoxy) is 2. The number of hydrogen-bond donors (Lipinski definition) is 0. The molecule has 0 fully saturated rings. The number of benzene rings is 1. The normalized spacial score (nSPS) is 16.7. The first kappa shape index (κ1) is 25.6. The fourth-order valence-corrected chi connectivity index (χ4v) is 4.80. The van der Waals surface area contributed by atoms with Crippen LogP contribution in [-0.2, 0) is 14.3 Å². The van der Waals surface area contributed by atoms with Gasteiger partial charge in [-0.1, -0.05) is 65.3 Å². The maximum atomic E-state index is 14.0. The Morgan fingerprint density at radius 3 is 1.94 bits per heavy atom. The summed E-state index contributed by atoms with van der Waals surface area (Å²) in [6.45, 7) is 15.5. The molecule has 0 saturated carbocycles. The molecule has 1 aromatic rings. The molecule has 0 N–H and O–H groups in total. The lowest BCUT2D eigenvalue weighted by Crippen LogP contribution is -2.47. The standard InChI is InChI=1S/C27H43NO3/c1-19(2)21-12-9-13-22(20(3)4)25(21)28-18-27(5,6)24(15-11-17-31-8)23(26(28)29)14-10-16-30-7/h9,12-13,19-20H,10-11,14-18H2,1-8H3. The molecule has 1 aliphatic heterocycles. The van der Waals surface area contributed by atoms with Crippen molar-refractivity contribution >= 4 is 11.6 Å². The van der Waals surface area contributed by atoms with Gasteiger partial charge in [0, 0.05) is 45.0 Å². The van der Waals surface area contributed by atoms with E-state index in [-0.39, 0.29) is 11.3 Å². The van der Waals surface area contributed by atoms with Crippen LogP contribution in [0.5, 0.6) is 0 Å². The van der Waals surface area contributed by atoms with E-state index in [0.717, 1.165) is 43.6 Å². The van der Waals surface area contributed by atoms with Crippen LogP contribution in [0.15, 0.2) is 29.3 Å². The van der Waals surface area contributed by atoms with Crippen molar-refractivity contribution in [3.63, 3.8) is 0 Å². The fourth-order valence-electron chi connectivity index (χ4n) is 4.80. The van der Waals surface area contributed by atoms with E-state index in [9.17, 15) is 4.79 Å². The van der Waals surface area contributed by atoms with E-state index in [2.05, 4.69) is 64.6 Å². The fraction of sp³-hybridized carbons (Fsp3) is 0.667. The lowest BCUT2D eigenvalue weighted by atomic mass is 9.74. The monoisotopic (exact) mass is 429 g/mol. The van der Waals surface area contributed by atoms with Gasteiger partial charge >= 0.3 is 0 Å². The average Bonchev–Trinajstić information content (AvgIpc) is 2.71. The number of carbonyl (C=O) groups excluding carboxylic acids is 1. The van der Waals surface area contributed by atoms with Gasteiger partial charge in [0.15, 0.2) is 0 Å². The van der Waals surface area contributed by atoms with E-state index in [0.29, 0.717) is 25.0 Å². The molecule has 4 heteroatoms. The highest BCUT2D eigenvalue weighted by molar-refractivity contribution is 6.08. The second-order valence-electron chi connectivity index (χ2n) is 10.0. The largest absolute Gasteiger partial charge is 0.385 e. The summed E-state index contributed by atoms with van der Waals surface area (Å²) in [6.07, 6.45) is 3.47. The molecule has 0 unspecified atom stereocenters. The summed E-state index contributed by atoms with van der Waals surface area (Å²) in [5.41, 5.74) is 5.85. The Morgan fingerprint density at radius 2 is 1.45 bits per heavy atom. The molecule has 4 nitrogen and oxygen atoms in total. The van der Waals surface area contributed by atoms with E-state index in [1.165, 1.54) is 16.7 Å². The summed E-state index contributed by atoms with van der Waals surface area (Å²) < 4.78 is 10.6. The van der Waals surface area contributed by atoms with Crippen LogP contribution in [0.1, 0.15) is 90.2 Å². The van der Waals surface area contributed by atoms with Gasteiger partial charge in [0.05, 0.1) is 5.69 Å². The first-order valence-corrected chi connectivity index (χ1v) is 11.8. The molecule has 1 heterocycles. The molecule has 1 amide bonds. The summed E-state index contributed by atoms with van der Waals surface area (Å²) in [5.74, 6) is 0.889. The van der Waals surface area contributed by atoms with Gasteiger partial charge in [0.1, 0.15) is 0 Å². The number of nitrogens with zero attached hydrogens (tertiary/aromatic N) is 1. The van der Waals surface area contributed by atoms with Crippen molar-refractivity contribution in [2.75, 3.05) is 38.9 Å². The molecule has 0 aliphatic carbocycles. The zero-order valence-electron chi connectivity index (χ0n) is 21.0. The van der Waals surface area contributed by atoms with Gasteiger partial charge in [-0.2, -0.15) is 0 Å². The van der Waals surface area contributed by atoms with Crippen LogP contribution in [0.4, 0.5) is 5.69 Å². The Balaban J connectivity index is 2.59. The Labute approximate surface area is 190 Å². The van der Waals surface area contributed by atoms with Crippen LogP contribution < -0.4 is 4.90 Å². The Hall–Kier alpha value is -1.65. The predicted molar refractivity (Wildman–Crippen MR) is 130 cm³/mol. The van der Waals surface area contributed by atoms with E-state index in [4.69, 9.17) is 9.47 Å². The molecule has 0 radical (unpaired) electrons. The summed E-state index contributed by atoms with van der Waals surface area (Å²) >= 11 is 0.